The predicted octanol–water partition coefficient (Wildman–Crippen LogP) is 4.41. The Balaban J connectivity index is 2.03. The molecule has 4 rings (SSSR count). The van der Waals surface area contributed by atoms with Crippen LogP contribution in [0.25, 0.3) is 5.76 Å². The van der Waals surface area contributed by atoms with Crippen LogP contribution in [-0.4, -0.2) is 43.1 Å². The fourth-order valence-electron chi connectivity index (χ4n) is 4.08. The molecule has 1 amide bonds. The molecule has 9 heteroatoms. The molecule has 1 saturated heterocycles. The number of benzene rings is 2. The van der Waals surface area contributed by atoms with Gasteiger partial charge in [-0.25, -0.2) is 4.98 Å². The number of Topliss-reactive ketones (excluding diaryl/α,β-unsaturated/α-hetero) is 1. The summed E-state index contributed by atoms with van der Waals surface area (Å²) in [6.45, 7) is 3.72. The van der Waals surface area contributed by atoms with Crippen molar-refractivity contribution in [1.29, 1.82) is 0 Å². The van der Waals surface area contributed by atoms with Crippen molar-refractivity contribution in [2.24, 2.45) is 0 Å². The zero-order valence-electron chi connectivity index (χ0n) is 19.4. The Bertz CT molecular complexity index is 1270. The number of aliphatic hydroxyl groups is 1. The molecule has 34 heavy (non-hydrogen) atoms. The van der Waals surface area contributed by atoms with Gasteiger partial charge in [-0.2, -0.15) is 0 Å². The molecule has 0 spiro atoms. The summed E-state index contributed by atoms with van der Waals surface area (Å²) in [7, 11) is 4.45. The van der Waals surface area contributed by atoms with E-state index < -0.39 is 17.7 Å². The number of nitrogens with zero attached hydrogens (tertiary/aromatic N) is 2. The van der Waals surface area contributed by atoms with Crippen LogP contribution < -0.4 is 19.1 Å². The van der Waals surface area contributed by atoms with Crippen molar-refractivity contribution in [2.75, 3.05) is 26.2 Å². The normalized spacial score (nSPS) is 17.2. The number of aliphatic hydroxyl groups excluding tert-OH is 1. The molecule has 1 aliphatic heterocycles. The van der Waals surface area contributed by atoms with Gasteiger partial charge in [-0.1, -0.05) is 17.7 Å². The molecule has 2 heterocycles. The van der Waals surface area contributed by atoms with Crippen molar-refractivity contribution < 1.29 is 28.9 Å². The van der Waals surface area contributed by atoms with E-state index in [0.29, 0.717) is 33.5 Å². The quantitative estimate of drug-likeness (QED) is 0.317. The van der Waals surface area contributed by atoms with Crippen LogP contribution in [0.5, 0.6) is 17.2 Å². The van der Waals surface area contributed by atoms with Crippen LogP contribution in [0.4, 0.5) is 5.13 Å². The summed E-state index contributed by atoms with van der Waals surface area (Å²) in [4.78, 5) is 32.1. The third-order valence-electron chi connectivity index (χ3n) is 5.72. The summed E-state index contributed by atoms with van der Waals surface area (Å²) >= 11 is 1.22. The van der Waals surface area contributed by atoms with E-state index in [2.05, 4.69) is 4.98 Å². The van der Waals surface area contributed by atoms with Crippen molar-refractivity contribution in [1.82, 2.24) is 4.98 Å². The zero-order valence-corrected chi connectivity index (χ0v) is 20.2. The predicted molar refractivity (Wildman–Crippen MR) is 129 cm³/mol. The molecule has 1 aliphatic rings. The Morgan fingerprint density at radius 2 is 1.71 bits per heavy atom. The SMILES string of the molecule is COc1cc([C@H]2C(=C(O)c3cc(C)ccc3C)C(=O)C(=O)N2c2nccs2)cc(OC)c1OC. The highest BCUT2D eigenvalue weighted by Gasteiger charge is 2.48. The molecular formula is C25H24N2O6S. The van der Waals surface area contributed by atoms with E-state index in [1.807, 2.05) is 26.0 Å². The Hall–Kier alpha value is -3.85. The summed E-state index contributed by atoms with van der Waals surface area (Å²) in [6.07, 6.45) is 1.55. The molecule has 1 aromatic heterocycles. The number of ether oxygens (including phenoxy) is 3. The molecule has 1 atom stereocenters. The number of amides is 1. The molecule has 0 aliphatic carbocycles. The first-order valence-corrected chi connectivity index (χ1v) is 11.3. The summed E-state index contributed by atoms with van der Waals surface area (Å²) < 4.78 is 16.4. The Morgan fingerprint density at radius 1 is 1.03 bits per heavy atom. The number of hydrogen-bond acceptors (Lipinski definition) is 8. The molecule has 0 radical (unpaired) electrons. The molecule has 0 unspecified atom stereocenters. The average Bonchev–Trinajstić information content (AvgIpc) is 3.45. The van der Waals surface area contributed by atoms with Crippen LogP contribution in [0.1, 0.15) is 28.3 Å². The Morgan fingerprint density at radius 3 is 2.26 bits per heavy atom. The molecule has 1 fully saturated rings. The number of rotatable bonds is 6. The minimum absolute atomic E-state index is 0.0387. The number of aromatic nitrogens is 1. The van der Waals surface area contributed by atoms with Crippen LogP contribution in [0.2, 0.25) is 0 Å². The van der Waals surface area contributed by atoms with Gasteiger partial charge < -0.3 is 19.3 Å². The molecule has 8 nitrogen and oxygen atoms in total. The maximum absolute atomic E-state index is 13.3. The van der Waals surface area contributed by atoms with Crippen LogP contribution in [-0.2, 0) is 9.59 Å². The fourth-order valence-corrected chi connectivity index (χ4v) is 4.74. The highest BCUT2D eigenvalue weighted by atomic mass is 32.1. The molecule has 3 aromatic rings. The molecule has 0 bridgehead atoms. The lowest BCUT2D eigenvalue weighted by Gasteiger charge is -2.24. The summed E-state index contributed by atoms with van der Waals surface area (Å²) in [5.74, 6) is -0.749. The van der Waals surface area contributed by atoms with Gasteiger partial charge in [0.25, 0.3) is 5.78 Å². The highest BCUT2D eigenvalue weighted by Crippen LogP contribution is 2.47. The first kappa shape index (κ1) is 23.3. The van der Waals surface area contributed by atoms with E-state index in [1.54, 1.807) is 29.8 Å². The second kappa shape index (κ2) is 9.18. The summed E-state index contributed by atoms with van der Waals surface area (Å²) in [5, 5.41) is 13.4. The lowest BCUT2D eigenvalue weighted by Crippen LogP contribution is -2.29. The van der Waals surface area contributed by atoms with E-state index in [-0.39, 0.29) is 11.3 Å². The van der Waals surface area contributed by atoms with Crippen LogP contribution in [0.3, 0.4) is 0 Å². The number of hydrogen-bond donors (Lipinski definition) is 1. The van der Waals surface area contributed by atoms with Crippen LogP contribution in [0, 0.1) is 13.8 Å². The molecule has 1 N–H and O–H groups in total. The van der Waals surface area contributed by atoms with Gasteiger partial charge in [0.05, 0.1) is 32.9 Å². The number of anilines is 1. The fraction of sp³-hybridized carbons (Fsp3) is 0.240. The summed E-state index contributed by atoms with van der Waals surface area (Å²) in [6, 6.07) is 7.92. The summed E-state index contributed by atoms with van der Waals surface area (Å²) in [5.41, 5.74) is 2.62. The number of aryl methyl sites for hydroxylation is 2. The molecule has 0 saturated carbocycles. The van der Waals surface area contributed by atoms with Gasteiger partial charge >= 0.3 is 5.91 Å². The Labute approximate surface area is 201 Å². The Kier molecular flexibility index (Phi) is 6.30. The topological polar surface area (TPSA) is 98.2 Å². The van der Waals surface area contributed by atoms with Gasteiger partial charge in [0.15, 0.2) is 16.6 Å². The first-order valence-electron chi connectivity index (χ1n) is 10.4. The van der Waals surface area contributed by atoms with Gasteiger partial charge in [-0.05, 0) is 43.2 Å². The zero-order chi connectivity index (χ0) is 24.6. The first-order chi connectivity index (χ1) is 16.3. The van der Waals surface area contributed by atoms with Crippen molar-refractivity contribution in [3.63, 3.8) is 0 Å². The third-order valence-corrected chi connectivity index (χ3v) is 6.49. The van der Waals surface area contributed by atoms with E-state index in [0.717, 1.165) is 11.1 Å². The smallest absolute Gasteiger partial charge is 0.301 e. The largest absolute Gasteiger partial charge is 0.507 e. The minimum atomic E-state index is -0.959. The van der Waals surface area contributed by atoms with E-state index in [1.165, 1.54) is 37.6 Å². The standard InChI is InChI=1S/C25H24N2O6S/c1-13-6-7-14(2)16(10-13)21(28)19-20(27(24(30)22(19)29)25-26-8-9-34-25)15-11-17(31-3)23(33-5)18(12-15)32-4/h6-12,20,28H,1-5H3/t20-/m0/s1. The molecular weight excluding hydrogens is 456 g/mol. The van der Waals surface area contributed by atoms with E-state index in [4.69, 9.17) is 14.2 Å². The van der Waals surface area contributed by atoms with Crippen LogP contribution in [0.15, 0.2) is 47.5 Å². The average molecular weight is 481 g/mol. The lowest BCUT2D eigenvalue weighted by molar-refractivity contribution is -0.132. The van der Waals surface area contributed by atoms with Gasteiger partial charge in [0, 0.05) is 17.1 Å². The maximum Gasteiger partial charge on any atom is 0.301 e. The maximum atomic E-state index is 13.3. The van der Waals surface area contributed by atoms with Gasteiger partial charge in [0.1, 0.15) is 5.76 Å². The third kappa shape index (κ3) is 3.77. The van der Waals surface area contributed by atoms with Crippen molar-refractivity contribution >= 4 is 33.9 Å². The highest BCUT2D eigenvalue weighted by molar-refractivity contribution is 7.14. The van der Waals surface area contributed by atoms with Gasteiger partial charge in [-0.3, -0.25) is 14.5 Å². The van der Waals surface area contributed by atoms with Crippen molar-refractivity contribution in [3.8, 4) is 17.2 Å². The second-order valence-electron chi connectivity index (χ2n) is 7.76. The number of carbonyl (C=O) groups excluding carboxylic acids is 2. The van der Waals surface area contributed by atoms with E-state index >= 15 is 0 Å². The molecule has 176 valence electrons. The van der Waals surface area contributed by atoms with Crippen molar-refractivity contribution in [2.45, 2.75) is 19.9 Å². The van der Waals surface area contributed by atoms with Gasteiger partial charge in [-0.15, -0.1) is 11.3 Å². The van der Waals surface area contributed by atoms with Gasteiger partial charge in [0.2, 0.25) is 5.75 Å². The minimum Gasteiger partial charge on any atom is -0.507 e. The lowest BCUT2D eigenvalue weighted by atomic mass is 9.93. The van der Waals surface area contributed by atoms with Crippen molar-refractivity contribution in [3.05, 3.63) is 69.7 Å². The molecule has 2 aromatic carbocycles. The van der Waals surface area contributed by atoms with E-state index in [9.17, 15) is 14.7 Å². The van der Waals surface area contributed by atoms with Crippen LogP contribution >= 0.6 is 11.3 Å². The number of ketones is 1. The number of carbonyl (C=O) groups is 2. The number of methoxy groups -OCH3 is 3. The monoisotopic (exact) mass is 480 g/mol. The second-order valence-corrected chi connectivity index (χ2v) is 8.63. The number of thiazole rings is 1.